The first kappa shape index (κ1) is 8.37. The molecule has 0 aliphatic carbocycles. The van der Waals surface area contributed by atoms with Crippen LogP contribution in [-0.4, -0.2) is 15.2 Å². The van der Waals surface area contributed by atoms with Crippen LogP contribution in [0.25, 0.3) is 10.8 Å². The van der Waals surface area contributed by atoms with Crippen LogP contribution in [-0.2, 0) is 6.42 Å². The Morgan fingerprint density at radius 3 is 2.92 bits per heavy atom. The van der Waals surface area contributed by atoms with Gasteiger partial charge in [0.2, 0.25) is 5.89 Å². The van der Waals surface area contributed by atoms with Gasteiger partial charge in [-0.05, 0) is 6.42 Å². The van der Waals surface area contributed by atoms with E-state index in [1.807, 2.05) is 0 Å². The average molecular weight is 195 g/mol. The molecule has 0 N–H and O–H groups in total. The highest BCUT2D eigenvalue weighted by atomic mass is 32.1. The SMILES string of the molecule is CCc1ncsc1-c1nnc(C)o1. The summed E-state index contributed by atoms with van der Waals surface area (Å²) in [5.74, 6) is 1.17. The van der Waals surface area contributed by atoms with Crippen LogP contribution in [0, 0.1) is 6.92 Å². The van der Waals surface area contributed by atoms with Gasteiger partial charge < -0.3 is 4.42 Å². The van der Waals surface area contributed by atoms with Crippen molar-refractivity contribution in [3.05, 3.63) is 17.1 Å². The fraction of sp³-hybridized carbons (Fsp3) is 0.375. The zero-order valence-electron chi connectivity index (χ0n) is 7.44. The highest BCUT2D eigenvalue weighted by Gasteiger charge is 2.12. The van der Waals surface area contributed by atoms with Crippen molar-refractivity contribution in [2.75, 3.05) is 0 Å². The number of aryl methyl sites for hydroxylation is 2. The third-order valence-electron chi connectivity index (χ3n) is 1.70. The molecule has 0 spiro atoms. The second-order valence-corrected chi connectivity index (χ2v) is 3.46. The largest absolute Gasteiger partial charge is 0.420 e. The van der Waals surface area contributed by atoms with Crippen LogP contribution in [0.4, 0.5) is 0 Å². The summed E-state index contributed by atoms with van der Waals surface area (Å²) in [6.07, 6.45) is 0.889. The van der Waals surface area contributed by atoms with E-state index in [4.69, 9.17) is 4.42 Å². The average Bonchev–Trinajstić information content (AvgIpc) is 2.71. The van der Waals surface area contributed by atoms with E-state index in [0.717, 1.165) is 17.0 Å². The number of aromatic nitrogens is 3. The number of thiazole rings is 1. The van der Waals surface area contributed by atoms with E-state index in [-0.39, 0.29) is 0 Å². The van der Waals surface area contributed by atoms with Crippen molar-refractivity contribution < 1.29 is 4.42 Å². The molecule has 0 aromatic carbocycles. The molecule has 5 heteroatoms. The van der Waals surface area contributed by atoms with Gasteiger partial charge in [-0.15, -0.1) is 21.5 Å². The van der Waals surface area contributed by atoms with Crippen molar-refractivity contribution >= 4 is 11.3 Å². The maximum absolute atomic E-state index is 5.32. The lowest BCUT2D eigenvalue weighted by Gasteiger charge is -1.91. The van der Waals surface area contributed by atoms with Gasteiger partial charge in [-0.1, -0.05) is 6.92 Å². The molecule has 0 saturated carbocycles. The Balaban J connectivity index is 2.45. The lowest BCUT2D eigenvalue weighted by atomic mass is 10.3. The topological polar surface area (TPSA) is 51.8 Å². The van der Waals surface area contributed by atoms with Gasteiger partial charge in [0.15, 0.2) is 0 Å². The molecule has 13 heavy (non-hydrogen) atoms. The van der Waals surface area contributed by atoms with Crippen LogP contribution in [0.5, 0.6) is 0 Å². The van der Waals surface area contributed by atoms with Gasteiger partial charge in [-0.3, -0.25) is 0 Å². The van der Waals surface area contributed by atoms with Crippen LogP contribution >= 0.6 is 11.3 Å². The minimum atomic E-state index is 0.580. The van der Waals surface area contributed by atoms with Crippen molar-refractivity contribution in [1.82, 2.24) is 15.2 Å². The third kappa shape index (κ3) is 1.47. The molecular weight excluding hydrogens is 186 g/mol. The molecule has 0 bridgehead atoms. The molecule has 0 aliphatic heterocycles. The molecule has 0 unspecified atom stereocenters. The van der Waals surface area contributed by atoms with Crippen molar-refractivity contribution in [3.63, 3.8) is 0 Å². The molecule has 0 atom stereocenters. The van der Waals surface area contributed by atoms with E-state index < -0.39 is 0 Å². The minimum absolute atomic E-state index is 0.580. The molecule has 2 aromatic rings. The van der Waals surface area contributed by atoms with Crippen LogP contribution < -0.4 is 0 Å². The second-order valence-electron chi connectivity index (χ2n) is 2.61. The van der Waals surface area contributed by atoms with Gasteiger partial charge in [0.05, 0.1) is 11.2 Å². The fourth-order valence-electron chi connectivity index (χ4n) is 1.08. The van der Waals surface area contributed by atoms with Crippen molar-refractivity contribution in [3.8, 4) is 10.8 Å². The molecule has 2 aromatic heterocycles. The predicted octanol–water partition coefficient (Wildman–Crippen LogP) is 2.06. The molecule has 2 rings (SSSR count). The van der Waals surface area contributed by atoms with E-state index in [2.05, 4.69) is 22.1 Å². The number of rotatable bonds is 2. The molecule has 4 nitrogen and oxygen atoms in total. The highest BCUT2D eigenvalue weighted by Crippen LogP contribution is 2.26. The smallest absolute Gasteiger partial charge is 0.259 e. The summed E-state index contributed by atoms with van der Waals surface area (Å²) < 4.78 is 5.32. The number of hydrogen-bond donors (Lipinski definition) is 0. The fourth-order valence-corrected chi connectivity index (χ4v) is 1.89. The van der Waals surface area contributed by atoms with E-state index in [1.165, 1.54) is 11.3 Å². The summed E-state index contributed by atoms with van der Waals surface area (Å²) in [4.78, 5) is 5.20. The number of hydrogen-bond acceptors (Lipinski definition) is 5. The first-order chi connectivity index (χ1) is 6.31. The normalized spacial score (nSPS) is 10.6. The van der Waals surface area contributed by atoms with E-state index >= 15 is 0 Å². The lowest BCUT2D eigenvalue weighted by Crippen LogP contribution is -1.83. The third-order valence-corrected chi connectivity index (χ3v) is 2.55. The molecule has 0 amide bonds. The summed E-state index contributed by atoms with van der Waals surface area (Å²) in [6.45, 7) is 3.84. The van der Waals surface area contributed by atoms with E-state index in [1.54, 1.807) is 12.4 Å². The van der Waals surface area contributed by atoms with Crippen LogP contribution in [0.15, 0.2) is 9.93 Å². The molecular formula is C8H9N3OS. The highest BCUT2D eigenvalue weighted by molar-refractivity contribution is 7.13. The summed E-state index contributed by atoms with van der Waals surface area (Å²) in [6, 6.07) is 0. The first-order valence-corrected chi connectivity index (χ1v) is 4.92. The molecule has 0 aliphatic rings. The Kier molecular flexibility index (Phi) is 2.10. The van der Waals surface area contributed by atoms with Gasteiger partial charge >= 0.3 is 0 Å². The Morgan fingerprint density at radius 2 is 2.31 bits per heavy atom. The van der Waals surface area contributed by atoms with Crippen molar-refractivity contribution in [1.29, 1.82) is 0 Å². The van der Waals surface area contributed by atoms with Gasteiger partial charge in [0.1, 0.15) is 4.88 Å². The summed E-state index contributed by atoms with van der Waals surface area (Å²) in [7, 11) is 0. The van der Waals surface area contributed by atoms with Crippen LogP contribution in [0.1, 0.15) is 18.5 Å². The molecule has 0 radical (unpaired) electrons. The summed E-state index contributed by atoms with van der Waals surface area (Å²) >= 11 is 1.53. The molecule has 0 fully saturated rings. The van der Waals surface area contributed by atoms with E-state index in [9.17, 15) is 0 Å². The predicted molar refractivity (Wildman–Crippen MR) is 49.5 cm³/mol. The van der Waals surface area contributed by atoms with Gasteiger partial charge in [-0.2, -0.15) is 0 Å². The minimum Gasteiger partial charge on any atom is -0.420 e. The maximum atomic E-state index is 5.32. The molecule has 68 valence electrons. The van der Waals surface area contributed by atoms with E-state index in [0.29, 0.717) is 11.8 Å². The zero-order valence-corrected chi connectivity index (χ0v) is 8.26. The Hall–Kier alpha value is -1.23. The Morgan fingerprint density at radius 1 is 1.46 bits per heavy atom. The monoisotopic (exact) mass is 195 g/mol. The van der Waals surface area contributed by atoms with Gasteiger partial charge in [0.25, 0.3) is 5.89 Å². The summed E-state index contributed by atoms with van der Waals surface area (Å²) in [5.41, 5.74) is 2.82. The summed E-state index contributed by atoms with van der Waals surface area (Å²) in [5, 5.41) is 7.73. The standard InChI is InChI=1S/C8H9N3OS/c1-3-6-7(13-4-9-6)8-11-10-5(2)12-8/h4H,3H2,1-2H3. The Labute approximate surface area is 79.6 Å². The second kappa shape index (κ2) is 3.26. The Bertz CT molecular complexity index is 407. The first-order valence-electron chi connectivity index (χ1n) is 4.04. The van der Waals surface area contributed by atoms with Gasteiger partial charge in [0, 0.05) is 6.92 Å². The van der Waals surface area contributed by atoms with Crippen molar-refractivity contribution in [2.24, 2.45) is 0 Å². The lowest BCUT2D eigenvalue weighted by molar-refractivity contribution is 0.533. The van der Waals surface area contributed by atoms with Gasteiger partial charge in [-0.25, -0.2) is 4.98 Å². The van der Waals surface area contributed by atoms with Crippen molar-refractivity contribution in [2.45, 2.75) is 20.3 Å². The quantitative estimate of drug-likeness (QED) is 0.736. The molecule has 2 heterocycles. The number of nitrogens with zero attached hydrogens (tertiary/aromatic N) is 3. The maximum Gasteiger partial charge on any atom is 0.259 e. The zero-order chi connectivity index (χ0) is 9.26. The molecule has 0 saturated heterocycles. The van der Waals surface area contributed by atoms with Crippen LogP contribution in [0.3, 0.4) is 0 Å². The van der Waals surface area contributed by atoms with Crippen LogP contribution in [0.2, 0.25) is 0 Å².